The molecule has 288 valence electrons. The molecule has 53 heavy (non-hydrogen) atoms. The van der Waals surface area contributed by atoms with Crippen LogP contribution in [0.3, 0.4) is 0 Å². The molecule has 2 aliphatic heterocycles. The van der Waals surface area contributed by atoms with Crippen LogP contribution < -0.4 is 33.2 Å². The molecular formula is C39H57N9O5. The first kappa shape index (κ1) is 40.9. The third-order valence-electron chi connectivity index (χ3n) is 9.97. The first-order chi connectivity index (χ1) is 25.3. The highest BCUT2D eigenvalue weighted by atomic mass is 16.2. The van der Waals surface area contributed by atoms with Gasteiger partial charge in [0, 0.05) is 25.6 Å². The van der Waals surface area contributed by atoms with E-state index in [-0.39, 0.29) is 61.5 Å². The van der Waals surface area contributed by atoms with Gasteiger partial charge < -0.3 is 38.1 Å². The number of carbonyl (C=O) groups is 5. The predicted molar refractivity (Wildman–Crippen MR) is 204 cm³/mol. The molecule has 2 saturated heterocycles. The number of amides is 4. The number of nitrogens with zero attached hydrogens (tertiary/aromatic N) is 3. The van der Waals surface area contributed by atoms with E-state index in [1.807, 2.05) is 74.5 Å². The first-order valence-corrected chi connectivity index (χ1v) is 18.7. The minimum atomic E-state index is -1.08. The van der Waals surface area contributed by atoms with Gasteiger partial charge in [0.05, 0.1) is 18.6 Å². The molecule has 2 fully saturated rings. The summed E-state index contributed by atoms with van der Waals surface area (Å²) in [6.07, 6.45) is 3.95. The van der Waals surface area contributed by atoms with Crippen molar-refractivity contribution in [3.8, 4) is 0 Å². The molecule has 2 aromatic carbocycles. The average molecular weight is 732 g/mol. The Labute approximate surface area is 312 Å². The first-order valence-electron chi connectivity index (χ1n) is 18.7. The van der Waals surface area contributed by atoms with E-state index in [4.69, 9.17) is 17.2 Å². The Morgan fingerprint density at radius 2 is 1.30 bits per heavy atom. The fourth-order valence-corrected chi connectivity index (χ4v) is 7.23. The number of hydrogen-bond donors (Lipinski definition) is 6. The van der Waals surface area contributed by atoms with E-state index in [0.717, 1.165) is 30.5 Å². The Hall–Kier alpha value is -4.82. The summed E-state index contributed by atoms with van der Waals surface area (Å²) in [5.41, 5.74) is 19.2. The zero-order valence-electron chi connectivity index (χ0n) is 31.2. The monoisotopic (exact) mass is 731 g/mol. The molecule has 0 bridgehead atoms. The molecule has 14 heteroatoms. The van der Waals surface area contributed by atoms with E-state index in [2.05, 4.69) is 25.8 Å². The molecular weight excluding hydrogens is 674 g/mol. The van der Waals surface area contributed by atoms with Gasteiger partial charge in [-0.3, -0.25) is 33.9 Å². The maximum Gasteiger partial charge on any atom is 0.247 e. The number of ketones is 1. The molecule has 0 unspecified atom stereocenters. The van der Waals surface area contributed by atoms with E-state index in [0.29, 0.717) is 25.9 Å². The summed E-state index contributed by atoms with van der Waals surface area (Å²) in [6, 6.07) is 14.7. The number of piperidine rings is 1. The van der Waals surface area contributed by atoms with Crippen molar-refractivity contribution in [2.75, 3.05) is 26.2 Å². The third-order valence-corrected chi connectivity index (χ3v) is 9.97. The highest BCUT2D eigenvalue weighted by Crippen LogP contribution is 2.27. The Balaban J connectivity index is 1.46. The highest BCUT2D eigenvalue weighted by Gasteiger charge is 2.38. The van der Waals surface area contributed by atoms with E-state index in [1.54, 1.807) is 11.8 Å². The van der Waals surface area contributed by atoms with E-state index in [1.165, 1.54) is 0 Å². The van der Waals surface area contributed by atoms with Gasteiger partial charge in [-0.2, -0.15) is 0 Å². The standard InChI is InChI=1S/C39H57N9O5/c1-25(2)21-31(45-37(52)32(23-28-13-8-5-9-14-28)44-35(50)30(40)22-27-11-6-4-7-12-27)36(51)46-33(24-43-39(41)42)38(53)47-19-16-29(17-20-47)48-18-10-15-34(48)26(3)49/h4-9,11-14,25,29-34H,10,15-24,40H2,1-3H3,(H,44,50)(H,45,52)(H,46,51)(H4,41,42,43)/t30-,31-,32-,33-,34+/m1/s1. The van der Waals surface area contributed by atoms with Crippen molar-refractivity contribution >= 4 is 35.4 Å². The minimum absolute atomic E-state index is 0.0113. The summed E-state index contributed by atoms with van der Waals surface area (Å²) in [5, 5.41) is 8.48. The van der Waals surface area contributed by atoms with E-state index in [9.17, 15) is 24.0 Å². The Morgan fingerprint density at radius 1 is 0.755 bits per heavy atom. The largest absolute Gasteiger partial charge is 0.370 e. The summed E-state index contributed by atoms with van der Waals surface area (Å²) >= 11 is 0. The molecule has 0 saturated carbocycles. The molecule has 0 aromatic heterocycles. The molecule has 0 radical (unpaired) electrons. The molecule has 2 aromatic rings. The SMILES string of the molecule is CC(=O)[C@@H]1CCCN1C1CCN(C(=O)[C@@H](CN=C(N)N)NC(=O)[C@@H](CC(C)C)NC(=O)[C@@H](Cc2ccccc2)NC(=O)[C@H](N)Cc2ccccc2)CC1. The van der Waals surface area contributed by atoms with Crippen LogP contribution >= 0.6 is 0 Å². The topological polar surface area (TPSA) is 218 Å². The summed E-state index contributed by atoms with van der Waals surface area (Å²) in [6.45, 7) is 7.07. The van der Waals surface area contributed by atoms with Gasteiger partial charge in [-0.15, -0.1) is 0 Å². The number of carbonyl (C=O) groups excluding carboxylic acids is 5. The Bertz CT molecular complexity index is 1560. The number of Topliss-reactive ketones (excluding diaryl/α,β-unsaturated/α-hetero) is 1. The number of nitrogens with two attached hydrogens (primary N) is 3. The highest BCUT2D eigenvalue weighted by molar-refractivity contribution is 5.95. The van der Waals surface area contributed by atoms with Crippen molar-refractivity contribution in [3.05, 3.63) is 71.8 Å². The van der Waals surface area contributed by atoms with Gasteiger partial charge in [0.15, 0.2) is 5.96 Å². The van der Waals surface area contributed by atoms with Gasteiger partial charge in [-0.1, -0.05) is 74.5 Å². The fraction of sp³-hybridized carbons (Fsp3) is 0.538. The van der Waals surface area contributed by atoms with Crippen LogP contribution in [0.1, 0.15) is 64.0 Å². The molecule has 0 spiro atoms. The minimum Gasteiger partial charge on any atom is -0.370 e. The predicted octanol–water partition coefficient (Wildman–Crippen LogP) is 0.617. The van der Waals surface area contributed by atoms with Crippen molar-refractivity contribution in [3.63, 3.8) is 0 Å². The maximum atomic E-state index is 13.9. The van der Waals surface area contributed by atoms with Crippen molar-refractivity contribution in [1.82, 2.24) is 25.8 Å². The number of hydrogen-bond acceptors (Lipinski definition) is 8. The molecule has 2 heterocycles. The van der Waals surface area contributed by atoms with Crippen LogP contribution in [0.2, 0.25) is 0 Å². The number of benzene rings is 2. The Kier molecular flexibility index (Phi) is 15.3. The van der Waals surface area contributed by atoms with Crippen molar-refractivity contribution in [1.29, 1.82) is 0 Å². The van der Waals surface area contributed by atoms with Gasteiger partial charge in [0.2, 0.25) is 23.6 Å². The second-order valence-electron chi connectivity index (χ2n) is 14.6. The number of nitrogens with one attached hydrogen (secondary N) is 3. The van der Waals surface area contributed by atoms with Crippen molar-refractivity contribution in [2.45, 2.75) is 102 Å². The number of guanidine groups is 1. The number of likely N-dealkylation sites (tertiary alicyclic amines) is 2. The maximum absolute atomic E-state index is 13.9. The van der Waals surface area contributed by atoms with Gasteiger partial charge in [0.1, 0.15) is 23.9 Å². The molecule has 4 rings (SSSR count). The summed E-state index contributed by atoms with van der Waals surface area (Å²) in [5.74, 6) is -2.03. The van der Waals surface area contributed by atoms with Crippen LogP contribution in [-0.4, -0.2) is 108 Å². The Morgan fingerprint density at radius 3 is 1.87 bits per heavy atom. The zero-order valence-corrected chi connectivity index (χ0v) is 31.2. The second kappa shape index (κ2) is 19.9. The number of aliphatic imine (C=N–C) groups is 1. The lowest BCUT2D eigenvalue weighted by molar-refractivity contribution is -0.139. The quantitative estimate of drug-likeness (QED) is 0.0991. The van der Waals surface area contributed by atoms with Gasteiger partial charge in [-0.25, -0.2) is 0 Å². The molecule has 14 nitrogen and oxygen atoms in total. The second-order valence-corrected chi connectivity index (χ2v) is 14.6. The van der Waals surface area contributed by atoms with Crippen LogP contribution in [0.4, 0.5) is 0 Å². The summed E-state index contributed by atoms with van der Waals surface area (Å²) in [7, 11) is 0. The van der Waals surface area contributed by atoms with E-state index >= 15 is 0 Å². The van der Waals surface area contributed by atoms with Crippen LogP contribution in [-0.2, 0) is 36.8 Å². The smallest absolute Gasteiger partial charge is 0.247 e. The van der Waals surface area contributed by atoms with Gasteiger partial charge in [-0.05, 0) is 69.0 Å². The molecule has 2 aliphatic rings. The summed E-state index contributed by atoms with van der Waals surface area (Å²) in [4.78, 5) is 75.3. The fourth-order valence-electron chi connectivity index (χ4n) is 7.23. The van der Waals surface area contributed by atoms with Crippen LogP contribution in [0.5, 0.6) is 0 Å². The lowest BCUT2D eigenvalue weighted by atomic mass is 9.99. The van der Waals surface area contributed by atoms with Crippen molar-refractivity contribution in [2.24, 2.45) is 28.1 Å². The van der Waals surface area contributed by atoms with Gasteiger partial charge in [0.25, 0.3) is 0 Å². The van der Waals surface area contributed by atoms with E-state index < -0.39 is 41.9 Å². The average Bonchev–Trinajstić information content (AvgIpc) is 3.64. The lowest BCUT2D eigenvalue weighted by Gasteiger charge is -2.39. The van der Waals surface area contributed by atoms with Crippen LogP contribution in [0.15, 0.2) is 65.7 Å². The third kappa shape index (κ3) is 12.4. The summed E-state index contributed by atoms with van der Waals surface area (Å²) < 4.78 is 0. The van der Waals surface area contributed by atoms with Crippen LogP contribution in [0, 0.1) is 5.92 Å². The zero-order chi connectivity index (χ0) is 38.5. The normalized spacial score (nSPS) is 18.7. The van der Waals surface area contributed by atoms with Gasteiger partial charge >= 0.3 is 0 Å². The molecule has 4 amide bonds. The molecule has 5 atom stereocenters. The van der Waals surface area contributed by atoms with Crippen LogP contribution in [0.25, 0.3) is 0 Å². The molecule has 9 N–H and O–H groups in total. The number of rotatable bonds is 17. The van der Waals surface area contributed by atoms with Crippen molar-refractivity contribution < 1.29 is 24.0 Å². The lowest BCUT2D eigenvalue weighted by Crippen LogP contribution is -2.60. The molecule has 0 aliphatic carbocycles.